The molecular formula is C25H27ClN4O5. The van der Waals surface area contributed by atoms with E-state index in [9.17, 15) is 24.9 Å². The van der Waals surface area contributed by atoms with Crippen LogP contribution in [0.25, 0.3) is 5.69 Å². The first-order chi connectivity index (χ1) is 16.8. The van der Waals surface area contributed by atoms with Crippen LogP contribution in [0.4, 0.5) is 0 Å². The Balaban J connectivity index is 1.40. The highest BCUT2D eigenvalue weighted by Crippen LogP contribution is 2.34. The fourth-order valence-corrected chi connectivity index (χ4v) is 4.48. The number of benzene rings is 2. The van der Waals surface area contributed by atoms with Gasteiger partial charge in [0, 0.05) is 24.0 Å². The normalized spacial score (nSPS) is 20.3. The molecule has 2 aromatic carbocycles. The molecule has 0 aliphatic carbocycles. The zero-order valence-electron chi connectivity index (χ0n) is 19.0. The summed E-state index contributed by atoms with van der Waals surface area (Å²) in [5.41, 5.74) is 2.22. The number of carbonyl (C=O) groups excluding carboxylic acids is 2. The minimum Gasteiger partial charge on any atom is -0.391 e. The average molecular weight is 499 g/mol. The molecule has 1 fully saturated rings. The molecule has 9 nitrogen and oxygen atoms in total. The van der Waals surface area contributed by atoms with E-state index in [1.54, 1.807) is 42.1 Å². The number of hydrogen-bond acceptors (Lipinski definition) is 6. The molecule has 1 aromatic heterocycles. The summed E-state index contributed by atoms with van der Waals surface area (Å²) in [6, 6.07) is 14.6. The summed E-state index contributed by atoms with van der Waals surface area (Å²) in [6.45, 7) is 1.90. The lowest BCUT2D eigenvalue weighted by Crippen LogP contribution is -2.51. The molecule has 2 amide bonds. The van der Waals surface area contributed by atoms with E-state index in [-0.39, 0.29) is 6.54 Å². The van der Waals surface area contributed by atoms with E-state index in [1.807, 2.05) is 36.5 Å². The third-order valence-electron chi connectivity index (χ3n) is 6.18. The second kappa shape index (κ2) is 10.6. The van der Waals surface area contributed by atoms with Crippen molar-refractivity contribution >= 4 is 23.4 Å². The van der Waals surface area contributed by atoms with Gasteiger partial charge in [-0.2, -0.15) is 5.10 Å². The Morgan fingerprint density at radius 2 is 1.86 bits per heavy atom. The number of aliphatic hydroxyl groups excluding tert-OH is 3. The molecule has 4 rings (SSSR count). The highest BCUT2D eigenvalue weighted by Gasteiger charge is 2.42. The lowest BCUT2D eigenvalue weighted by atomic mass is 10.0. The van der Waals surface area contributed by atoms with Gasteiger partial charge in [-0.25, -0.2) is 4.68 Å². The number of nitrogens with one attached hydrogen (secondary N) is 1. The van der Waals surface area contributed by atoms with Crippen molar-refractivity contribution in [3.05, 3.63) is 83.1 Å². The Morgan fingerprint density at radius 3 is 2.51 bits per heavy atom. The van der Waals surface area contributed by atoms with Crippen LogP contribution in [0.3, 0.4) is 0 Å². The third kappa shape index (κ3) is 5.38. The fourth-order valence-electron chi connectivity index (χ4n) is 4.28. The first kappa shape index (κ1) is 24.9. The van der Waals surface area contributed by atoms with E-state index in [4.69, 9.17) is 11.6 Å². The molecule has 1 saturated heterocycles. The summed E-state index contributed by atoms with van der Waals surface area (Å²) in [5.74, 6) is -1.72. The summed E-state index contributed by atoms with van der Waals surface area (Å²) in [7, 11) is 0. The number of rotatable bonds is 7. The molecule has 184 valence electrons. The minimum atomic E-state index is -1.99. The summed E-state index contributed by atoms with van der Waals surface area (Å²) < 4.78 is 1.70. The van der Waals surface area contributed by atoms with Gasteiger partial charge in [0.25, 0.3) is 11.8 Å². The molecule has 1 aliphatic heterocycles. The van der Waals surface area contributed by atoms with Crippen molar-refractivity contribution < 1.29 is 24.9 Å². The number of carbonyl (C=O) groups is 2. The number of halogens is 1. The van der Waals surface area contributed by atoms with Gasteiger partial charge in [-0.05, 0) is 54.8 Å². The van der Waals surface area contributed by atoms with Crippen LogP contribution in [0.5, 0.6) is 0 Å². The number of aromatic nitrogens is 2. The molecule has 1 aliphatic rings. The number of hydrogen-bond donors (Lipinski definition) is 4. The van der Waals surface area contributed by atoms with Crippen LogP contribution in [0, 0.1) is 0 Å². The van der Waals surface area contributed by atoms with Crippen molar-refractivity contribution in [2.24, 2.45) is 0 Å². The van der Waals surface area contributed by atoms with Crippen molar-refractivity contribution in [2.45, 2.75) is 43.7 Å². The third-order valence-corrected chi connectivity index (χ3v) is 6.42. The fraction of sp³-hybridized carbons (Fsp3) is 0.320. The Hall–Kier alpha value is -3.24. The number of amides is 2. The maximum absolute atomic E-state index is 13.0. The van der Waals surface area contributed by atoms with Crippen LogP contribution in [-0.4, -0.2) is 66.7 Å². The van der Waals surface area contributed by atoms with Crippen LogP contribution in [0.1, 0.15) is 36.6 Å². The molecule has 35 heavy (non-hydrogen) atoms. The van der Waals surface area contributed by atoms with Gasteiger partial charge >= 0.3 is 0 Å². The van der Waals surface area contributed by atoms with E-state index >= 15 is 0 Å². The molecule has 3 aromatic rings. The highest BCUT2D eigenvalue weighted by molar-refractivity contribution is 6.30. The Bertz CT molecular complexity index is 1170. The molecule has 10 heteroatoms. The first-order valence-corrected chi connectivity index (χ1v) is 11.6. The topological polar surface area (TPSA) is 128 Å². The van der Waals surface area contributed by atoms with Gasteiger partial charge in [-0.15, -0.1) is 0 Å². The van der Waals surface area contributed by atoms with E-state index in [0.29, 0.717) is 17.0 Å². The lowest BCUT2D eigenvalue weighted by Gasteiger charge is -2.30. The van der Waals surface area contributed by atoms with Gasteiger partial charge in [-0.1, -0.05) is 35.9 Å². The SMILES string of the molecule is C[C@@H](NC(=O)[C@H](O)[C@@H](O)C(=O)N1CC[C@H](O)[C@H]1c1cccc(Cl)c1)c1ccc(-n2cccn2)cc1. The number of nitrogens with zero attached hydrogens (tertiary/aromatic N) is 3. The Morgan fingerprint density at radius 1 is 1.11 bits per heavy atom. The van der Waals surface area contributed by atoms with Gasteiger partial charge < -0.3 is 25.5 Å². The first-order valence-electron chi connectivity index (χ1n) is 11.3. The summed E-state index contributed by atoms with van der Waals surface area (Å²) >= 11 is 6.05. The number of likely N-dealkylation sites (tertiary alicyclic amines) is 1. The van der Waals surface area contributed by atoms with Crippen LogP contribution >= 0.6 is 11.6 Å². The average Bonchev–Trinajstić information content (AvgIpc) is 3.53. The summed E-state index contributed by atoms with van der Waals surface area (Å²) in [6.07, 6.45) is -1.05. The molecule has 0 saturated carbocycles. The van der Waals surface area contributed by atoms with E-state index < -0.39 is 42.2 Å². The molecule has 0 radical (unpaired) electrons. The van der Waals surface area contributed by atoms with Crippen molar-refractivity contribution in [1.82, 2.24) is 20.0 Å². The predicted molar refractivity (Wildman–Crippen MR) is 129 cm³/mol. The molecule has 0 unspecified atom stereocenters. The van der Waals surface area contributed by atoms with E-state index in [2.05, 4.69) is 10.4 Å². The van der Waals surface area contributed by atoms with Crippen molar-refractivity contribution in [2.75, 3.05) is 6.54 Å². The molecule has 0 spiro atoms. The second-order valence-electron chi connectivity index (χ2n) is 8.55. The molecule has 5 atom stereocenters. The maximum atomic E-state index is 13.0. The smallest absolute Gasteiger partial charge is 0.255 e. The zero-order valence-corrected chi connectivity index (χ0v) is 19.8. The largest absolute Gasteiger partial charge is 0.391 e. The Kier molecular flexibility index (Phi) is 7.51. The number of aliphatic hydroxyl groups is 3. The van der Waals surface area contributed by atoms with Gasteiger partial charge in [-0.3, -0.25) is 9.59 Å². The zero-order chi connectivity index (χ0) is 25.1. The van der Waals surface area contributed by atoms with Gasteiger partial charge in [0.1, 0.15) is 0 Å². The van der Waals surface area contributed by atoms with Crippen molar-refractivity contribution in [3.63, 3.8) is 0 Å². The summed E-state index contributed by atoms with van der Waals surface area (Å²) in [4.78, 5) is 26.9. The van der Waals surface area contributed by atoms with Crippen molar-refractivity contribution in [3.8, 4) is 5.69 Å². The van der Waals surface area contributed by atoms with Crippen LogP contribution in [-0.2, 0) is 9.59 Å². The van der Waals surface area contributed by atoms with Gasteiger partial charge in [0.15, 0.2) is 12.2 Å². The highest BCUT2D eigenvalue weighted by atomic mass is 35.5. The van der Waals surface area contributed by atoms with Gasteiger partial charge in [0.2, 0.25) is 0 Å². The minimum absolute atomic E-state index is 0.168. The lowest BCUT2D eigenvalue weighted by molar-refractivity contribution is -0.154. The van der Waals surface area contributed by atoms with Crippen LogP contribution in [0.2, 0.25) is 5.02 Å². The predicted octanol–water partition coefficient (Wildman–Crippen LogP) is 1.76. The standard InChI is InChI=1S/C25H27ClN4O5/c1-15(16-6-8-19(9-7-16)30-12-3-11-27-30)28-24(34)22(32)23(33)25(35)29-13-10-20(31)21(29)17-4-2-5-18(26)14-17/h2-9,11-12,14-15,20-23,31-33H,10,13H2,1H3,(H,28,34)/t15-,20+,21-,22-,23-/m1/s1. The molecule has 0 bridgehead atoms. The monoisotopic (exact) mass is 498 g/mol. The van der Waals surface area contributed by atoms with Crippen LogP contribution in [0.15, 0.2) is 67.0 Å². The summed E-state index contributed by atoms with van der Waals surface area (Å²) in [5, 5.41) is 38.6. The van der Waals surface area contributed by atoms with E-state index in [1.165, 1.54) is 4.90 Å². The maximum Gasteiger partial charge on any atom is 0.255 e. The van der Waals surface area contributed by atoms with E-state index in [0.717, 1.165) is 11.3 Å². The molecule has 2 heterocycles. The second-order valence-corrected chi connectivity index (χ2v) is 8.99. The van der Waals surface area contributed by atoms with Gasteiger partial charge in [0.05, 0.1) is 23.9 Å². The quantitative estimate of drug-likeness (QED) is 0.393. The Labute approximate surface area is 207 Å². The molecule has 4 N–H and O–H groups in total. The van der Waals surface area contributed by atoms with Crippen molar-refractivity contribution in [1.29, 1.82) is 0 Å². The molecular weight excluding hydrogens is 472 g/mol. The van der Waals surface area contributed by atoms with Crippen LogP contribution < -0.4 is 5.32 Å².